The maximum atomic E-state index is 12.4. The fourth-order valence-electron chi connectivity index (χ4n) is 5.25. The van der Waals surface area contributed by atoms with Gasteiger partial charge >= 0.3 is 0 Å². The molecule has 2 nitrogen and oxygen atoms in total. The molecule has 0 unspecified atom stereocenters. The number of anilines is 1. The monoisotopic (exact) mass is 393 g/mol. The van der Waals surface area contributed by atoms with E-state index in [1.165, 1.54) is 48.8 Å². The van der Waals surface area contributed by atoms with Gasteiger partial charge in [-0.3, -0.25) is 4.79 Å². The Hall–Kier alpha value is -3.13. The zero-order valence-electron chi connectivity index (χ0n) is 17.9. The highest BCUT2D eigenvalue weighted by atomic mass is 16.1. The predicted octanol–water partition coefficient (Wildman–Crippen LogP) is 4.29. The SMILES string of the molecule is CC(=O)[C@@H]1CCC=c2ccc3c(c21)CC=c1c(-c2ccccc2N(C)C)cccc1=3. The van der Waals surface area contributed by atoms with E-state index in [0.29, 0.717) is 0 Å². The standard InChI is InChI=1S/C28H27NO/c1-18(30)20-10-6-8-19-14-15-24-21-11-7-12-22(23(21)16-17-26(24)28(19)20)25-9-4-5-13-27(25)29(2)3/h4-5,7-9,11-16,20H,6,10,17H2,1-3H3/t20-/m0/s1. The van der Waals surface area contributed by atoms with E-state index >= 15 is 0 Å². The van der Waals surface area contributed by atoms with Gasteiger partial charge in [0.25, 0.3) is 0 Å². The first-order chi connectivity index (χ1) is 14.6. The van der Waals surface area contributed by atoms with E-state index in [0.717, 1.165) is 19.3 Å². The van der Waals surface area contributed by atoms with Gasteiger partial charge in [-0.2, -0.15) is 0 Å². The van der Waals surface area contributed by atoms with Crippen molar-refractivity contribution in [3.8, 4) is 11.1 Å². The zero-order valence-corrected chi connectivity index (χ0v) is 17.9. The third kappa shape index (κ3) is 2.90. The lowest BCUT2D eigenvalue weighted by Crippen LogP contribution is -2.26. The fourth-order valence-corrected chi connectivity index (χ4v) is 5.25. The molecule has 0 spiro atoms. The first-order valence-electron chi connectivity index (χ1n) is 10.8. The highest BCUT2D eigenvalue weighted by Crippen LogP contribution is 2.30. The van der Waals surface area contributed by atoms with Crippen molar-refractivity contribution in [2.45, 2.75) is 32.1 Å². The summed E-state index contributed by atoms with van der Waals surface area (Å²) in [4.78, 5) is 14.6. The van der Waals surface area contributed by atoms with E-state index in [-0.39, 0.29) is 11.7 Å². The van der Waals surface area contributed by atoms with Crippen molar-refractivity contribution in [3.05, 3.63) is 86.6 Å². The number of ketones is 1. The normalized spacial score (nSPS) is 16.4. The number of fused-ring (bicyclic) bond motifs is 4. The third-order valence-electron chi connectivity index (χ3n) is 6.63. The Bertz CT molecular complexity index is 1380. The van der Waals surface area contributed by atoms with E-state index in [2.05, 4.69) is 85.7 Å². The largest absolute Gasteiger partial charge is 0.377 e. The number of benzene rings is 3. The molecule has 0 bridgehead atoms. The minimum atomic E-state index is 0.0348. The second-order valence-corrected chi connectivity index (χ2v) is 8.63. The lowest BCUT2D eigenvalue weighted by Gasteiger charge is -2.24. The molecule has 2 heteroatoms. The van der Waals surface area contributed by atoms with Crippen molar-refractivity contribution in [3.63, 3.8) is 0 Å². The Morgan fingerprint density at radius 2 is 1.70 bits per heavy atom. The number of hydrogen-bond donors (Lipinski definition) is 0. The van der Waals surface area contributed by atoms with Gasteiger partial charge in [0.1, 0.15) is 5.78 Å². The Kier molecular flexibility index (Phi) is 4.58. The molecule has 0 radical (unpaired) electrons. The van der Waals surface area contributed by atoms with Crippen LogP contribution in [0, 0.1) is 10.4 Å². The Balaban J connectivity index is 1.86. The fraction of sp³-hybridized carbons (Fsp3) is 0.250. The molecule has 0 fully saturated rings. The Morgan fingerprint density at radius 3 is 2.50 bits per heavy atom. The molecule has 0 saturated carbocycles. The minimum absolute atomic E-state index is 0.0348. The van der Waals surface area contributed by atoms with Crippen LogP contribution in [0.1, 0.15) is 36.8 Å². The maximum Gasteiger partial charge on any atom is 0.137 e. The van der Waals surface area contributed by atoms with Crippen molar-refractivity contribution in [2.75, 3.05) is 19.0 Å². The van der Waals surface area contributed by atoms with E-state index in [4.69, 9.17) is 0 Å². The summed E-state index contributed by atoms with van der Waals surface area (Å²) in [7, 11) is 4.19. The van der Waals surface area contributed by atoms with Crippen molar-refractivity contribution in [1.29, 1.82) is 0 Å². The number of carbonyl (C=O) groups excluding carboxylic acids is 1. The van der Waals surface area contributed by atoms with Crippen molar-refractivity contribution >= 4 is 23.6 Å². The summed E-state index contributed by atoms with van der Waals surface area (Å²) in [6, 6.07) is 19.7. The van der Waals surface area contributed by atoms with Crippen LogP contribution in [0.5, 0.6) is 0 Å². The molecule has 30 heavy (non-hydrogen) atoms. The average molecular weight is 394 g/mol. The number of hydrogen-bond acceptors (Lipinski definition) is 2. The summed E-state index contributed by atoms with van der Waals surface area (Å²) in [6.45, 7) is 1.75. The zero-order chi connectivity index (χ0) is 20.8. The van der Waals surface area contributed by atoms with Gasteiger partial charge in [-0.05, 0) is 69.8 Å². The van der Waals surface area contributed by atoms with Crippen LogP contribution in [0.15, 0.2) is 54.6 Å². The molecular formula is C28H27NO. The first kappa shape index (κ1) is 18.9. The summed E-state index contributed by atoms with van der Waals surface area (Å²) >= 11 is 0. The second kappa shape index (κ2) is 7.28. The van der Waals surface area contributed by atoms with Crippen LogP contribution < -0.4 is 15.3 Å². The predicted molar refractivity (Wildman–Crippen MR) is 125 cm³/mol. The van der Waals surface area contributed by atoms with Gasteiger partial charge in [-0.1, -0.05) is 60.7 Å². The maximum absolute atomic E-state index is 12.4. The smallest absolute Gasteiger partial charge is 0.137 e. The van der Waals surface area contributed by atoms with Crippen molar-refractivity contribution < 1.29 is 4.79 Å². The number of para-hydroxylation sites is 1. The molecule has 1 atom stereocenters. The molecule has 0 N–H and O–H groups in total. The van der Waals surface area contributed by atoms with E-state index in [1.54, 1.807) is 6.92 Å². The van der Waals surface area contributed by atoms with Crippen molar-refractivity contribution in [2.24, 2.45) is 0 Å². The topological polar surface area (TPSA) is 20.3 Å². The molecule has 2 aliphatic carbocycles. The Morgan fingerprint density at radius 1 is 0.900 bits per heavy atom. The summed E-state index contributed by atoms with van der Waals surface area (Å²) in [5.74, 6) is 0.324. The van der Waals surface area contributed by atoms with E-state index in [9.17, 15) is 4.79 Å². The van der Waals surface area contributed by atoms with E-state index < -0.39 is 0 Å². The van der Waals surface area contributed by atoms with Gasteiger partial charge in [0.15, 0.2) is 0 Å². The van der Waals surface area contributed by atoms with Crippen LogP contribution in [-0.4, -0.2) is 19.9 Å². The summed E-state index contributed by atoms with van der Waals surface area (Å²) < 4.78 is 0. The molecule has 0 heterocycles. The summed E-state index contributed by atoms with van der Waals surface area (Å²) in [5.41, 5.74) is 6.37. The number of Topliss-reactive ketones (excluding diaryl/α,β-unsaturated/α-hetero) is 1. The molecule has 0 amide bonds. The number of carbonyl (C=O) groups is 1. The summed E-state index contributed by atoms with van der Waals surface area (Å²) in [5, 5.41) is 5.12. The van der Waals surface area contributed by atoms with Crippen LogP contribution in [-0.2, 0) is 11.2 Å². The van der Waals surface area contributed by atoms with Gasteiger partial charge in [-0.25, -0.2) is 0 Å². The molecule has 2 aliphatic rings. The first-order valence-corrected chi connectivity index (χ1v) is 10.8. The average Bonchev–Trinajstić information content (AvgIpc) is 2.77. The molecule has 150 valence electrons. The molecule has 0 aliphatic heterocycles. The van der Waals surface area contributed by atoms with Crippen LogP contribution in [0.25, 0.3) is 23.3 Å². The lowest BCUT2D eigenvalue weighted by molar-refractivity contribution is -0.118. The lowest BCUT2D eigenvalue weighted by atomic mass is 9.80. The molecule has 5 rings (SSSR count). The third-order valence-corrected chi connectivity index (χ3v) is 6.63. The van der Waals surface area contributed by atoms with Gasteiger partial charge in [0, 0.05) is 31.3 Å². The van der Waals surface area contributed by atoms with Crippen molar-refractivity contribution in [1.82, 2.24) is 0 Å². The number of rotatable bonds is 3. The van der Waals surface area contributed by atoms with Crippen LogP contribution in [0.2, 0.25) is 0 Å². The Labute approximate surface area is 177 Å². The van der Waals surface area contributed by atoms with Gasteiger partial charge in [0.05, 0.1) is 0 Å². The molecule has 3 aromatic carbocycles. The van der Waals surface area contributed by atoms with Crippen LogP contribution >= 0.6 is 0 Å². The number of nitrogens with zero attached hydrogens (tertiary/aromatic N) is 1. The molecular weight excluding hydrogens is 366 g/mol. The quantitative estimate of drug-likeness (QED) is 0.662. The highest BCUT2D eigenvalue weighted by molar-refractivity contribution is 5.85. The van der Waals surface area contributed by atoms with Gasteiger partial charge in [0.2, 0.25) is 0 Å². The molecule has 0 aromatic heterocycles. The van der Waals surface area contributed by atoms with E-state index in [1.807, 2.05) is 0 Å². The van der Waals surface area contributed by atoms with Crippen LogP contribution in [0.3, 0.4) is 0 Å². The minimum Gasteiger partial charge on any atom is -0.377 e. The van der Waals surface area contributed by atoms with Crippen LogP contribution in [0.4, 0.5) is 5.69 Å². The van der Waals surface area contributed by atoms with Gasteiger partial charge in [-0.15, -0.1) is 0 Å². The summed E-state index contributed by atoms with van der Waals surface area (Å²) in [6.07, 6.45) is 7.47. The second-order valence-electron chi connectivity index (χ2n) is 8.63. The molecule has 3 aromatic rings. The molecule has 0 saturated heterocycles. The highest BCUT2D eigenvalue weighted by Gasteiger charge is 2.24. The van der Waals surface area contributed by atoms with Gasteiger partial charge < -0.3 is 4.90 Å².